The molecular formula is C23H21ClF3N5O3S. The normalized spacial score (nSPS) is 14.7. The molecule has 190 valence electrons. The van der Waals surface area contributed by atoms with Gasteiger partial charge in [0, 0.05) is 52.7 Å². The van der Waals surface area contributed by atoms with Crippen LogP contribution < -0.4 is 5.32 Å². The first-order chi connectivity index (χ1) is 17.0. The fraction of sp³-hybridized carbons (Fsp3) is 0.304. The fourth-order valence-electron chi connectivity index (χ4n) is 3.81. The van der Waals surface area contributed by atoms with Gasteiger partial charge in [-0.15, -0.1) is 0 Å². The lowest BCUT2D eigenvalue weighted by atomic mass is 10.1. The maximum atomic E-state index is 13.5. The van der Waals surface area contributed by atoms with Crippen molar-refractivity contribution in [3.8, 4) is 5.82 Å². The van der Waals surface area contributed by atoms with Crippen molar-refractivity contribution in [3.05, 3.63) is 69.6 Å². The molecule has 0 atom stereocenters. The third-order valence-electron chi connectivity index (χ3n) is 5.65. The van der Waals surface area contributed by atoms with E-state index in [1.165, 1.54) is 23.2 Å². The van der Waals surface area contributed by atoms with Gasteiger partial charge in [0.15, 0.2) is 11.5 Å². The van der Waals surface area contributed by atoms with E-state index in [1.807, 2.05) is 0 Å². The first-order valence-corrected chi connectivity index (χ1v) is 12.7. The molecule has 36 heavy (non-hydrogen) atoms. The second-order valence-electron chi connectivity index (χ2n) is 8.21. The quantitative estimate of drug-likeness (QED) is 0.540. The zero-order valence-electron chi connectivity index (χ0n) is 19.2. The van der Waals surface area contributed by atoms with Crippen molar-refractivity contribution in [3.63, 3.8) is 0 Å². The molecule has 1 N–H and O–H groups in total. The summed E-state index contributed by atoms with van der Waals surface area (Å²) in [6, 6.07) is 6.79. The number of anilines is 1. The van der Waals surface area contributed by atoms with Crippen LogP contribution in [0.5, 0.6) is 0 Å². The predicted octanol–water partition coefficient (Wildman–Crippen LogP) is 4.01. The van der Waals surface area contributed by atoms with Gasteiger partial charge in [-0.05, 0) is 43.2 Å². The molecule has 0 bridgehead atoms. The van der Waals surface area contributed by atoms with Crippen molar-refractivity contribution in [2.45, 2.75) is 20.0 Å². The van der Waals surface area contributed by atoms with Crippen LogP contribution in [0.25, 0.3) is 5.82 Å². The van der Waals surface area contributed by atoms with Crippen LogP contribution in [0.4, 0.5) is 18.9 Å². The molecule has 0 unspecified atom stereocenters. The molecule has 1 aliphatic heterocycles. The van der Waals surface area contributed by atoms with Crippen molar-refractivity contribution in [2.75, 3.05) is 29.9 Å². The summed E-state index contributed by atoms with van der Waals surface area (Å²) in [4.78, 5) is 32.2. The van der Waals surface area contributed by atoms with E-state index in [4.69, 9.17) is 11.6 Å². The van der Waals surface area contributed by atoms with Crippen LogP contribution in [-0.4, -0.2) is 60.3 Å². The molecular weight excluding hydrogens is 519 g/mol. The number of hydrogen-bond acceptors (Lipinski definition) is 5. The van der Waals surface area contributed by atoms with Crippen molar-refractivity contribution in [1.82, 2.24) is 19.7 Å². The summed E-state index contributed by atoms with van der Waals surface area (Å²) in [6.45, 7) is 3.78. The lowest BCUT2D eigenvalue weighted by Crippen LogP contribution is -2.42. The van der Waals surface area contributed by atoms with Gasteiger partial charge in [0.1, 0.15) is 5.69 Å². The maximum Gasteiger partial charge on any atom is 0.435 e. The average Bonchev–Trinajstić information content (AvgIpc) is 3.27. The fourth-order valence-corrected chi connectivity index (χ4v) is 5.13. The molecule has 2 aromatic heterocycles. The number of alkyl halides is 3. The molecule has 1 saturated heterocycles. The summed E-state index contributed by atoms with van der Waals surface area (Å²) in [5.41, 5.74) is -0.536. The van der Waals surface area contributed by atoms with E-state index in [0.29, 0.717) is 28.7 Å². The Balaban J connectivity index is 1.75. The highest BCUT2D eigenvalue weighted by atomic mass is 35.5. The van der Waals surface area contributed by atoms with Crippen LogP contribution in [0.2, 0.25) is 5.02 Å². The van der Waals surface area contributed by atoms with E-state index in [2.05, 4.69) is 15.4 Å². The van der Waals surface area contributed by atoms with Gasteiger partial charge in [-0.25, -0.2) is 9.67 Å². The molecule has 1 aliphatic rings. The summed E-state index contributed by atoms with van der Waals surface area (Å²) >= 11 is 6.18. The van der Waals surface area contributed by atoms with E-state index in [1.54, 1.807) is 26.0 Å². The van der Waals surface area contributed by atoms with Crippen LogP contribution in [0.3, 0.4) is 0 Å². The van der Waals surface area contributed by atoms with E-state index >= 15 is 0 Å². The Hall–Kier alpha value is -3.25. The van der Waals surface area contributed by atoms with Crippen molar-refractivity contribution in [2.24, 2.45) is 0 Å². The number of rotatable bonds is 4. The van der Waals surface area contributed by atoms with E-state index < -0.39 is 40.2 Å². The minimum Gasteiger partial charge on any atom is -0.337 e. The van der Waals surface area contributed by atoms with Crippen LogP contribution in [0.1, 0.15) is 37.7 Å². The number of carbonyl (C=O) groups excluding carboxylic acids is 2. The standard InChI is InChI=1S/C23H21ClF3N5O3S/c1-13-4-3-5-28-20(13)32-17(12-18(30-32)23(25,26)27)21(33)29-19-14(2)10-15(24)11-16(19)22(34)31-6-8-36(35)9-7-31/h3-5,10-12H,6-9H2,1-2H3,(H,29,33). The van der Waals surface area contributed by atoms with E-state index in [-0.39, 0.29) is 35.2 Å². The molecule has 1 fully saturated rings. The van der Waals surface area contributed by atoms with Gasteiger partial charge < -0.3 is 10.2 Å². The Morgan fingerprint density at radius 3 is 2.44 bits per heavy atom. The van der Waals surface area contributed by atoms with Gasteiger partial charge in [-0.3, -0.25) is 13.8 Å². The largest absolute Gasteiger partial charge is 0.435 e. The maximum absolute atomic E-state index is 13.5. The van der Waals surface area contributed by atoms with Gasteiger partial charge >= 0.3 is 6.18 Å². The smallest absolute Gasteiger partial charge is 0.337 e. The number of amides is 2. The molecule has 0 saturated carbocycles. The number of benzene rings is 1. The number of aromatic nitrogens is 3. The van der Waals surface area contributed by atoms with Crippen LogP contribution in [0.15, 0.2) is 36.5 Å². The Labute approximate surface area is 211 Å². The number of nitrogens with one attached hydrogen (secondary N) is 1. The third-order valence-corrected chi connectivity index (χ3v) is 7.14. The van der Waals surface area contributed by atoms with Gasteiger partial charge in [0.05, 0.1) is 11.3 Å². The van der Waals surface area contributed by atoms with Gasteiger partial charge in [-0.2, -0.15) is 18.3 Å². The minimum absolute atomic E-state index is 0.0589. The van der Waals surface area contributed by atoms with Gasteiger partial charge in [0.2, 0.25) is 0 Å². The molecule has 0 radical (unpaired) electrons. The summed E-state index contributed by atoms with van der Waals surface area (Å²) in [6.07, 6.45) is -3.42. The summed E-state index contributed by atoms with van der Waals surface area (Å²) in [7, 11) is -1.01. The number of nitrogens with zero attached hydrogens (tertiary/aromatic N) is 4. The number of carbonyl (C=O) groups is 2. The summed E-state index contributed by atoms with van der Waals surface area (Å²) in [5, 5.41) is 6.43. The second kappa shape index (κ2) is 10.0. The summed E-state index contributed by atoms with van der Waals surface area (Å²) < 4.78 is 53.0. The van der Waals surface area contributed by atoms with Crippen molar-refractivity contribution < 1.29 is 27.0 Å². The van der Waals surface area contributed by atoms with Crippen molar-refractivity contribution >= 4 is 39.9 Å². The Morgan fingerprint density at radius 1 is 1.11 bits per heavy atom. The lowest BCUT2D eigenvalue weighted by Gasteiger charge is -2.27. The topological polar surface area (TPSA) is 97.2 Å². The molecule has 13 heteroatoms. The first-order valence-electron chi connectivity index (χ1n) is 10.8. The van der Waals surface area contributed by atoms with Crippen molar-refractivity contribution in [1.29, 1.82) is 0 Å². The first kappa shape index (κ1) is 25.8. The predicted molar refractivity (Wildman–Crippen MR) is 129 cm³/mol. The van der Waals surface area contributed by atoms with Gasteiger partial charge in [-0.1, -0.05) is 17.7 Å². The highest BCUT2D eigenvalue weighted by Gasteiger charge is 2.37. The SMILES string of the molecule is Cc1cccnc1-n1nc(C(F)(F)F)cc1C(=O)Nc1c(C)cc(Cl)cc1C(=O)N1CCS(=O)CC1. The summed E-state index contributed by atoms with van der Waals surface area (Å²) in [5.74, 6) is -0.630. The zero-order valence-corrected chi connectivity index (χ0v) is 20.8. The molecule has 0 aliphatic carbocycles. The lowest BCUT2D eigenvalue weighted by molar-refractivity contribution is -0.141. The Bertz CT molecular complexity index is 1370. The molecule has 2 amide bonds. The Kier molecular flexibility index (Phi) is 7.19. The highest BCUT2D eigenvalue weighted by Crippen LogP contribution is 2.31. The molecule has 8 nitrogen and oxygen atoms in total. The molecule has 3 heterocycles. The molecule has 3 aromatic rings. The van der Waals surface area contributed by atoms with Crippen LogP contribution >= 0.6 is 11.6 Å². The Morgan fingerprint density at radius 2 is 1.81 bits per heavy atom. The third kappa shape index (κ3) is 5.29. The van der Waals surface area contributed by atoms with E-state index in [9.17, 15) is 27.0 Å². The number of hydrogen-bond donors (Lipinski definition) is 1. The minimum atomic E-state index is -4.80. The van der Waals surface area contributed by atoms with Crippen LogP contribution in [0, 0.1) is 13.8 Å². The molecule has 4 rings (SSSR count). The van der Waals surface area contributed by atoms with E-state index in [0.717, 1.165) is 4.68 Å². The molecule has 1 aromatic carbocycles. The average molecular weight is 540 g/mol. The highest BCUT2D eigenvalue weighted by molar-refractivity contribution is 7.85. The number of aryl methyl sites for hydroxylation is 2. The number of pyridine rings is 1. The zero-order chi connectivity index (χ0) is 26.2. The number of halogens is 4. The van der Waals surface area contributed by atoms with Gasteiger partial charge in [0.25, 0.3) is 11.8 Å². The van der Waals surface area contributed by atoms with Crippen LogP contribution in [-0.2, 0) is 17.0 Å². The second-order valence-corrected chi connectivity index (χ2v) is 10.3. The monoisotopic (exact) mass is 539 g/mol. The molecule has 0 spiro atoms.